The Morgan fingerprint density at radius 3 is 2.48 bits per heavy atom. The molecule has 1 aromatic carbocycles. The van der Waals surface area contributed by atoms with Crippen LogP contribution in [0.5, 0.6) is 5.88 Å². The Balaban J connectivity index is 1.81. The van der Waals surface area contributed by atoms with Crippen LogP contribution in [0.3, 0.4) is 0 Å². The lowest BCUT2D eigenvalue weighted by molar-refractivity contribution is 0.112. The molecule has 7 heteroatoms. The van der Waals surface area contributed by atoms with Gasteiger partial charge < -0.3 is 5.11 Å². The Kier molecular flexibility index (Phi) is 4.90. The Morgan fingerprint density at radius 2 is 1.89 bits per heavy atom. The topological polar surface area (TPSA) is 53.7 Å². The zero-order valence-corrected chi connectivity index (χ0v) is 16.7. The van der Waals surface area contributed by atoms with Crippen molar-refractivity contribution in [2.24, 2.45) is 11.8 Å². The second-order valence-electron chi connectivity index (χ2n) is 7.72. The molecule has 4 rings (SSSR count). The molecular weight excluding hydrogens is 363 g/mol. The minimum absolute atomic E-state index is 0.130. The molecule has 0 spiro atoms. The Hall–Kier alpha value is -1.99. The molecule has 3 aromatic rings. The minimum Gasteiger partial charge on any atom is -0.492 e. The van der Waals surface area contributed by atoms with Crippen LogP contribution >= 0.6 is 11.3 Å². The third kappa shape index (κ3) is 3.46. The highest BCUT2D eigenvalue weighted by Crippen LogP contribution is 2.42. The second-order valence-corrected chi connectivity index (χ2v) is 8.73. The maximum atomic E-state index is 13.5. The first kappa shape index (κ1) is 18.4. The molecule has 3 atom stereocenters. The molecule has 3 heterocycles. The first-order valence-electron chi connectivity index (χ1n) is 9.53. The molecule has 0 radical (unpaired) electrons. The van der Waals surface area contributed by atoms with Crippen LogP contribution in [0.2, 0.25) is 0 Å². The number of aromatic nitrogens is 3. The molecule has 1 fully saturated rings. The van der Waals surface area contributed by atoms with E-state index in [1.807, 2.05) is 19.1 Å². The van der Waals surface area contributed by atoms with Crippen LogP contribution in [-0.2, 0) is 6.42 Å². The normalized spacial score (nSPS) is 22.4. The summed E-state index contributed by atoms with van der Waals surface area (Å²) in [6, 6.07) is 6.48. The molecule has 1 saturated heterocycles. The van der Waals surface area contributed by atoms with Gasteiger partial charge in [0.25, 0.3) is 0 Å². The van der Waals surface area contributed by atoms with Gasteiger partial charge in [0.15, 0.2) is 5.82 Å². The van der Waals surface area contributed by atoms with Gasteiger partial charge in [-0.1, -0.05) is 44.2 Å². The van der Waals surface area contributed by atoms with Crippen molar-refractivity contribution in [1.82, 2.24) is 19.5 Å². The lowest BCUT2D eigenvalue weighted by Gasteiger charge is -2.40. The van der Waals surface area contributed by atoms with Crippen LogP contribution in [-0.4, -0.2) is 37.7 Å². The van der Waals surface area contributed by atoms with Crippen molar-refractivity contribution in [2.45, 2.75) is 39.7 Å². The number of fused-ring (bicyclic) bond motifs is 1. The first-order valence-corrected chi connectivity index (χ1v) is 10.3. The molecule has 1 aliphatic heterocycles. The summed E-state index contributed by atoms with van der Waals surface area (Å²) in [6.07, 6.45) is 1.93. The largest absolute Gasteiger partial charge is 0.492 e. The van der Waals surface area contributed by atoms with E-state index in [0.717, 1.165) is 35.8 Å². The summed E-state index contributed by atoms with van der Waals surface area (Å²) >= 11 is 1.47. The van der Waals surface area contributed by atoms with Crippen molar-refractivity contribution in [2.75, 3.05) is 13.1 Å². The second kappa shape index (κ2) is 7.20. The highest BCUT2D eigenvalue weighted by Gasteiger charge is 2.33. The van der Waals surface area contributed by atoms with Gasteiger partial charge in [0.1, 0.15) is 5.82 Å². The van der Waals surface area contributed by atoms with Gasteiger partial charge in [0, 0.05) is 19.5 Å². The van der Waals surface area contributed by atoms with Crippen molar-refractivity contribution < 1.29 is 9.50 Å². The van der Waals surface area contributed by atoms with E-state index in [4.69, 9.17) is 0 Å². The molecule has 5 nitrogen and oxygen atoms in total. The van der Waals surface area contributed by atoms with E-state index in [-0.39, 0.29) is 17.7 Å². The number of aromatic hydroxyl groups is 1. The standard InChI is InChI=1S/C20H25FN4OS/c1-4-16-22-20-25(23-16)19(26)18(27-20)17(14-5-7-15(21)8-6-14)24-10-12(2)9-13(3)11-24/h5-8,12-13,17,26H,4,9-11H2,1-3H3/t12-,13+,17-/m1/s1. The van der Waals surface area contributed by atoms with Crippen LogP contribution in [0.1, 0.15) is 49.5 Å². The van der Waals surface area contributed by atoms with Crippen molar-refractivity contribution >= 4 is 16.3 Å². The van der Waals surface area contributed by atoms with E-state index in [1.165, 1.54) is 34.4 Å². The Bertz CT molecular complexity index is 926. The predicted molar refractivity (Wildman–Crippen MR) is 105 cm³/mol. The molecule has 0 unspecified atom stereocenters. The molecule has 0 amide bonds. The molecule has 1 aliphatic rings. The molecule has 144 valence electrons. The van der Waals surface area contributed by atoms with Crippen molar-refractivity contribution in [3.63, 3.8) is 0 Å². The number of benzene rings is 1. The summed E-state index contributed by atoms with van der Waals surface area (Å²) < 4.78 is 15.0. The van der Waals surface area contributed by atoms with E-state index in [9.17, 15) is 9.50 Å². The number of halogens is 1. The highest BCUT2D eigenvalue weighted by molar-refractivity contribution is 7.17. The van der Waals surface area contributed by atoms with Gasteiger partial charge in [0.05, 0.1) is 10.9 Å². The van der Waals surface area contributed by atoms with Gasteiger partial charge >= 0.3 is 0 Å². The van der Waals surface area contributed by atoms with Crippen LogP contribution in [0.15, 0.2) is 24.3 Å². The number of thiazole rings is 1. The van der Waals surface area contributed by atoms with E-state index in [0.29, 0.717) is 16.8 Å². The number of piperidine rings is 1. The first-order chi connectivity index (χ1) is 13.0. The quantitative estimate of drug-likeness (QED) is 0.725. The van der Waals surface area contributed by atoms with E-state index < -0.39 is 0 Å². The lowest BCUT2D eigenvalue weighted by Crippen LogP contribution is -2.41. The monoisotopic (exact) mass is 388 g/mol. The fourth-order valence-corrected chi connectivity index (χ4v) is 5.35. The fourth-order valence-electron chi connectivity index (χ4n) is 4.21. The lowest BCUT2D eigenvalue weighted by atomic mass is 9.89. The van der Waals surface area contributed by atoms with E-state index in [1.54, 1.807) is 0 Å². The minimum atomic E-state index is -0.252. The van der Waals surface area contributed by atoms with Gasteiger partial charge in [0.2, 0.25) is 10.8 Å². The summed E-state index contributed by atoms with van der Waals surface area (Å²) in [4.78, 5) is 8.43. The van der Waals surface area contributed by atoms with Gasteiger partial charge in [-0.25, -0.2) is 9.37 Å². The summed E-state index contributed by atoms with van der Waals surface area (Å²) in [6.45, 7) is 8.41. The van der Waals surface area contributed by atoms with Crippen molar-refractivity contribution in [3.05, 3.63) is 46.3 Å². The van der Waals surface area contributed by atoms with Crippen molar-refractivity contribution in [1.29, 1.82) is 0 Å². The zero-order valence-electron chi connectivity index (χ0n) is 15.9. The Morgan fingerprint density at radius 1 is 1.22 bits per heavy atom. The number of hydrogen-bond acceptors (Lipinski definition) is 5. The van der Waals surface area contributed by atoms with Gasteiger partial charge in [-0.05, 0) is 36.0 Å². The summed E-state index contributed by atoms with van der Waals surface area (Å²) in [5, 5.41) is 15.3. The van der Waals surface area contributed by atoms with E-state index >= 15 is 0 Å². The molecule has 0 bridgehead atoms. The maximum absolute atomic E-state index is 13.5. The van der Waals surface area contributed by atoms with E-state index in [2.05, 4.69) is 28.8 Å². The summed E-state index contributed by atoms with van der Waals surface area (Å²) in [7, 11) is 0. The number of rotatable bonds is 4. The van der Waals surface area contributed by atoms with Crippen molar-refractivity contribution in [3.8, 4) is 5.88 Å². The van der Waals surface area contributed by atoms with Crippen LogP contribution in [0, 0.1) is 17.7 Å². The fraction of sp³-hybridized carbons (Fsp3) is 0.500. The highest BCUT2D eigenvalue weighted by atomic mass is 32.1. The SMILES string of the molecule is CCc1nc2sc([C@@H](c3ccc(F)cc3)N3C[C@H](C)C[C@H](C)C3)c(O)n2n1. The third-order valence-electron chi connectivity index (χ3n) is 5.26. The smallest absolute Gasteiger partial charge is 0.230 e. The number of hydrogen-bond donors (Lipinski definition) is 1. The molecule has 2 aromatic heterocycles. The van der Waals surface area contributed by atoms with Crippen LogP contribution < -0.4 is 0 Å². The number of aryl methyl sites for hydroxylation is 1. The predicted octanol–water partition coefficient (Wildman–Crippen LogP) is 4.27. The molecular formula is C20H25FN4OS. The maximum Gasteiger partial charge on any atom is 0.230 e. The third-order valence-corrected chi connectivity index (χ3v) is 6.33. The summed E-state index contributed by atoms with van der Waals surface area (Å²) in [5.41, 5.74) is 0.980. The van der Waals surface area contributed by atoms with Gasteiger partial charge in [-0.3, -0.25) is 4.90 Å². The zero-order chi connectivity index (χ0) is 19.1. The molecule has 0 aliphatic carbocycles. The molecule has 1 N–H and O–H groups in total. The Labute approximate surface area is 162 Å². The van der Waals surface area contributed by atoms with Crippen LogP contribution in [0.4, 0.5) is 4.39 Å². The average molecular weight is 389 g/mol. The molecule has 27 heavy (non-hydrogen) atoms. The summed E-state index contributed by atoms with van der Waals surface area (Å²) in [5.74, 6) is 1.77. The average Bonchev–Trinajstić information content (AvgIpc) is 3.16. The van der Waals surface area contributed by atoms with Crippen LogP contribution in [0.25, 0.3) is 4.96 Å². The number of nitrogens with zero attached hydrogens (tertiary/aromatic N) is 4. The van der Waals surface area contributed by atoms with Gasteiger partial charge in [-0.2, -0.15) is 4.52 Å². The molecule has 0 saturated carbocycles. The van der Waals surface area contributed by atoms with Gasteiger partial charge in [-0.15, -0.1) is 5.10 Å². The number of likely N-dealkylation sites (tertiary alicyclic amines) is 1.